The van der Waals surface area contributed by atoms with E-state index in [1.165, 1.54) is 0 Å². The molecule has 1 aromatic rings. The molecule has 1 aliphatic heterocycles. The molecule has 0 aromatic carbocycles. The summed E-state index contributed by atoms with van der Waals surface area (Å²) in [5.74, 6) is 1.88. The molecule has 0 aliphatic carbocycles. The number of carbonyl (C=O) groups excluding carboxylic acids is 1. The molecule has 0 bridgehead atoms. The van der Waals surface area contributed by atoms with Crippen LogP contribution in [-0.4, -0.2) is 85.3 Å². The zero-order valence-electron chi connectivity index (χ0n) is 18.2. The highest BCUT2D eigenvalue weighted by Crippen LogP contribution is 2.12. The minimum Gasteiger partial charge on any atom is -0.444 e. The molecular formula is C20H35IN6O2. The van der Waals surface area contributed by atoms with Gasteiger partial charge in [-0.3, -0.25) is 4.99 Å². The number of amides is 1. The van der Waals surface area contributed by atoms with Gasteiger partial charge in [0.25, 0.3) is 0 Å². The van der Waals surface area contributed by atoms with Crippen molar-refractivity contribution in [1.29, 1.82) is 0 Å². The fourth-order valence-corrected chi connectivity index (χ4v) is 3.03. The topological polar surface area (TPSA) is 73.3 Å². The van der Waals surface area contributed by atoms with Gasteiger partial charge < -0.3 is 24.8 Å². The molecule has 1 aromatic heterocycles. The molecule has 164 valence electrons. The van der Waals surface area contributed by atoms with E-state index in [0.29, 0.717) is 19.6 Å². The second kappa shape index (κ2) is 12.0. The summed E-state index contributed by atoms with van der Waals surface area (Å²) in [4.78, 5) is 27.3. The average molecular weight is 518 g/mol. The number of rotatable bonds is 5. The van der Waals surface area contributed by atoms with Crippen LogP contribution in [0, 0.1) is 0 Å². The molecule has 0 radical (unpaired) electrons. The van der Waals surface area contributed by atoms with E-state index in [1.807, 2.05) is 52.1 Å². The molecule has 2 rings (SSSR count). The van der Waals surface area contributed by atoms with E-state index < -0.39 is 5.60 Å². The van der Waals surface area contributed by atoms with E-state index in [1.54, 1.807) is 11.9 Å². The second-order valence-corrected chi connectivity index (χ2v) is 7.70. The summed E-state index contributed by atoms with van der Waals surface area (Å²) in [6.45, 7) is 12.9. The summed E-state index contributed by atoms with van der Waals surface area (Å²) in [7, 11) is 1.79. The summed E-state index contributed by atoms with van der Waals surface area (Å²) in [5, 5.41) is 3.37. The number of aliphatic imine (C=N–C) groups is 1. The molecule has 0 saturated carbocycles. The summed E-state index contributed by atoms with van der Waals surface area (Å²) in [6.07, 6.45) is 1.54. The van der Waals surface area contributed by atoms with E-state index in [4.69, 9.17) is 4.74 Å². The highest BCUT2D eigenvalue weighted by molar-refractivity contribution is 14.0. The van der Waals surface area contributed by atoms with Gasteiger partial charge in [0.2, 0.25) is 0 Å². The highest BCUT2D eigenvalue weighted by Gasteiger charge is 2.22. The van der Waals surface area contributed by atoms with Crippen LogP contribution in [0.4, 0.5) is 10.6 Å². The van der Waals surface area contributed by atoms with Crippen LogP contribution in [0.15, 0.2) is 29.4 Å². The maximum Gasteiger partial charge on any atom is 0.410 e. The first kappa shape index (κ1) is 25.3. The lowest BCUT2D eigenvalue weighted by Crippen LogP contribution is -2.53. The fraction of sp³-hybridized carbons (Fsp3) is 0.650. The third-order valence-electron chi connectivity index (χ3n) is 4.46. The first-order chi connectivity index (χ1) is 13.3. The summed E-state index contributed by atoms with van der Waals surface area (Å²) < 4.78 is 5.45. The molecule has 0 atom stereocenters. The Morgan fingerprint density at radius 3 is 2.48 bits per heavy atom. The van der Waals surface area contributed by atoms with Crippen molar-refractivity contribution in [2.24, 2.45) is 4.99 Å². The number of nitrogens with one attached hydrogen (secondary N) is 1. The van der Waals surface area contributed by atoms with Gasteiger partial charge in [0, 0.05) is 59.1 Å². The number of hydrogen-bond acceptors (Lipinski definition) is 5. The van der Waals surface area contributed by atoms with Gasteiger partial charge in [-0.15, -0.1) is 24.0 Å². The second-order valence-electron chi connectivity index (χ2n) is 7.70. The van der Waals surface area contributed by atoms with Crippen molar-refractivity contribution in [2.45, 2.75) is 33.3 Å². The minimum absolute atomic E-state index is 0. The Labute approximate surface area is 191 Å². The number of ether oxygens (including phenoxy) is 1. The molecule has 2 heterocycles. The Kier molecular flexibility index (Phi) is 10.5. The smallest absolute Gasteiger partial charge is 0.410 e. The number of hydrogen-bond donors (Lipinski definition) is 1. The number of anilines is 1. The van der Waals surface area contributed by atoms with Crippen LogP contribution in [0.5, 0.6) is 0 Å². The highest BCUT2D eigenvalue weighted by atomic mass is 127. The number of halogens is 1. The van der Waals surface area contributed by atoms with Crippen LogP contribution in [0.1, 0.15) is 27.7 Å². The predicted octanol–water partition coefficient (Wildman–Crippen LogP) is 2.65. The Balaban J connectivity index is 0.00000420. The lowest BCUT2D eigenvalue weighted by molar-refractivity contribution is 0.0263. The van der Waals surface area contributed by atoms with E-state index in [9.17, 15) is 4.79 Å². The largest absolute Gasteiger partial charge is 0.444 e. The monoisotopic (exact) mass is 518 g/mol. The molecule has 1 saturated heterocycles. The zero-order chi connectivity index (χ0) is 20.6. The number of aromatic nitrogens is 1. The Bertz CT molecular complexity index is 642. The quantitative estimate of drug-likeness (QED) is 0.367. The molecule has 1 fully saturated rings. The average Bonchev–Trinajstić information content (AvgIpc) is 2.68. The standard InChI is InChI=1S/C20H34N6O2.HI/c1-6-24(19(27)28-20(2,3)4)12-11-23-18(21-5)26-15-13-25(14-16-26)17-9-7-8-10-22-17;/h7-10H,6,11-16H2,1-5H3,(H,21,23);1H. The Hall–Kier alpha value is -1.78. The van der Waals surface area contributed by atoms with E-state index in [-0.39, 0.29) is 30.1 Å². The first-order valence-electron chi connectivity index (χ1n) is 9.93. The van der Waals surface area contributed by atoms with Gasteiger partial charge in [0.1, 0.15) is 11.4 Å². The normalized spacial score (nSPS) is 14.9. The van der Waals surface area contributed by atoms with Crippen LogP contribution in [0.3, 0.4) is 0 Å². The molecule has 0 unspecified atom stereocenters. The van der Waals surface area contributed by atoms with Crippen molar-refractivity contribution in [2.75, 3.05) is 57.8 Å². The molecular weight excluding hydrogens is 483 g/mol. The molecule has 9 heteroatoms. The summed E-state index contributed by atoms with van der Waals surface area (Å²) in [5.41, 5.74) is -0.485. The summed E-state index contributed by atoms with van der Waals surface area (Å²) >= 11 is 0. The molecule has 8 nitrogen and oxygen atoms in total. The summed E-state index contributed by atoms with van der Waals surface area (Å²) in [6, 6.07) is 5.99. The van der Waals surface area contributed by atoms with Gasteiger partial charge in [0.05, 0.1) is 0 Å². The number of likely N-dealkylation sites (N-methyl/N-ethyl adjacent to an activating group) is 1. The van der Waals surface area contributed by atoms with Gasteiger partial charge in [-0.1, -0.05) is 6.07 Å². The molecule has 1 aliphatic rings. The predicted molar refractivity (Wildman–Crippen MR) is 128 cm³/mol. The van der Waals surface area contributed by atoms with Crippen molar-refractivity contribution in [3.05, 3.63) is 24.4 Å². The third-order valence-corrected chi connectivity index (χ3v) is 4.46. The van der Waals surface area contributed by atoms with Gasteiger partial charge in [0.15, 0.2) is 5.96 Å². The van der Waals surface area contributed by atoms with Crippen molar-refractivity contribution in [3.8, 4) is 0 Å². The number of piperazine rings is 1. The van der Waals surface area contributed by atoms with Crippen molar-refractivity contribution in [3.63, 3.8) is 0 Å². The zero-order valence-corrected chi connectivity index (χ0v) is 20.6. The van der Waals surface area contributed by atoms with Gasteiger partial charge in [-0.05, 0) is 39.8 Å². The number of pyridine rings is 1. The number of carbonyl (C=O) groups is 1. The van der Waals surface area contributed by atoms with Crippen LogP contribution in [-0.2, 0) is 4.74 Å². The van der Waals surface area contributed by atoms with Crippen molar-refractivity contribution < 1.29 is 9.53 Å². The van der Waals surface area contributed by atoms with Crippen LogP contribution in [0.25, 0.3) is 0 Å². The van der Waals surface area contributed by atoms with Gasteiger partial charge in [-0.25, -0.2) is 9.78 Å². The fourth-order valence-electron chi connectivity index (χ4n) is 3.03. The SMILES string of the molecule is CCN(CCNC(=NC)N1CCN(c2ccccn2)CC1)C(=O)OC(C)(C)C.I. The maximum atomic E-state index is 12.2. The Morgan fingerprint density at radius 2 is 1.97 bits per heavy atom. The third kappa shape index (κ3) is 8.23. The van der Waals surface area contributed by atoms with Gasteiger partial charge in [-0.2, -0.15) is 0 Å². The Morgan fingerprint density at radius 1 is 1.28 bits per heavy atom. The lowest BCUT2D eigenvalue weighted by Gasteiger charge is -2.37. The van der Waals surface area contributed by atoms with Crippen LogP contribution < -0.4 is 10.2 Å². The lowest BCUT2D eigenvalue weighted by atomic mass is 10.2. The number of nitrogens with zero attached hydrogens (tertiary/aromatic N) is 5. The van der Waals surface area contributed by atoms with Crippen molar-refractivity contribution >= 4 is 41.8 Å². The van der Waals surface area contributed by atoms with Crippen LogP contribution in [0.2, 0.25) is 0 Å². The molecule has 1 N–H and O–H groups in total. The molecule has 0 spiro atoms. The maximum absolute atomic E-state index is 12.2. The van der Waals surface area contributed by atoms with Gasteiger partial charge >= 0.3 is 6.09 Å². The molecule has 29 heavy (non-hydrogen) atoms. The first-order valence-corrected chi connectivity index (χ1v) is 9.93. The van der Waals surface area contributed by atoms with E-state index in [2.05, 4.69) is 25.1 Å². The van der Waals surface area contributed by atoms with Crippen molar-refractivity contribution in [1.82, 2.24) is 20.1 Å². The molecule has 1 amide bonds. The number of guanidine groups is 1. The minimum atomic E-state index is -0.485. The van der Waals surface area contributed by atoms with E-state index >= 15 is 0 Å². The van der Waals surface area contributed by atoms with Crippen LogP contribution >= 0.6 is 24.0 Å². The van der Waals surface area contributed by atoms with E-state index in [0.717, 1.165) is 38.0 Å².